The lowest BCUT2D eigenvalue weighted by Crippen LogP contribution is -2.49. The van der Waals surface area contributed by atoms with Crippen molar-refractivity contribution in [2.75, 3.05) is 31.1 Å². The minimum absolute atomic E-state index is 0.0366. The Balaban J connectivity index is 1.20. The summed E-state index contributed by atoms with van der Waals surface area (Å²) in [6, 6.07) is 16.4. The van der Waals surface area contributed by atoms with Crippen LogP contribution in [0.25, 0.3) is 22.4 Å². The molecule has 2 aromatic heterocycles. The lowest BCUT2D eigenvalue weighted by atomic mass is 10.1. The second kappa shape index (κ2) is 9.15. The number of imidazole rings is 1. The second-order valence-corrected chi connectivity index (χ2v) is 8.70. The van der Waals surface area contributed by atoms with Gasteiger partial charge in [-0.15, -0.1) is 0 Å². The van der Waals surface area contributed by atoms with Crippen molar-refractivity contribution in [3.8, 4) is 11.4 Å². The molecule has 1 aliphatic rings. The van der Waals surface area contributed by atoms with Crippen LogP contribution in [0, 0.1) is 0 Å². The molecular weight excluding hydrogens is 452 g/mol. The number of nitrogens with zero attached hydrogens (tertiary/aromatic N) is 4. The van der Waals surface area contributed by atoms with Gasteiger partial charge in [-0.2, -0.15) is 0 Å². The second-order valence-electron chi connectivity index (χ2n) is 8.26. The van der Waals surface area contributed by atoms with Gasteiger partial charge in [0.1, 0.15) is 11.6 Å². The molecule has 0 atom stereocenters. The third-order valence-corrected chi connectivity index (χ3v) is 6.22. The molecule has 8 nitrogen and oxygen atoms in total. The summed E-state index contributed by atoms with van der Waals surface area (Å²) in [6.07, 6.45) is 2.05. The molecule has 0 radical (unpaired) electrons. The van der Waals surface area contributed by atoms with Gasteiger partial charge >= 0.3 is 0 Å². The Morgan fingerprint density at radius 1 is 1.03 bits per heavy atom. The number of fused-ring (bicyclic) bond motifs is 1. The number of aromatic nitrogens is 3. The molecule has 2 aromatic carbocycles. The summed E-state index contributed by atoms with van der Waals surface area (Å²) >= 11 is 6.06. The van der Waals surface area contributed by atoms with Gasteiger partial charge in [0.2, 0.25) is 11.8 Å². The number of aromatic amines is 1. The third kappa shape index (κ3) is 4.58. The topological polar surface area (TPSA) is 108 Å². The maximum absolute atomic E-state index is 12.7. The number of H-pyrrole nitrogens is 1. The summed E-state index contributed by atoms with van der Waals surface area (Å²) in [7, 11) is 0. The zero-order chi connectivity index (χ0) is 23.7. The highest BCUT2D eigenvalue weighted by molar-refractivity contribution is 6.31. The predicted octanol–water partition coefficient (Wildman–Crippen LogP) is 3.27. The first-order chi connectivity index (χ1) is 16.5. The highest BCUT2D eigenvalue weighted by Gasteiger charge is 2.22. The minimum atomic E-state index is -0.494. The van der Waals surface area contributed by atoms with Crippen molar-refractivity contribution in [2.45, 2.75) is 6.42 Å². The highest BCUT2D eigenvalue weighted by Crippen LogP contribution is 2.24. The van der Waals surface area contributed by atoms with Gasteiger partial charge in [0.25, 0.3) is 0 Å². The number of primary amides is 1. The Morgan fingerprint density at radius 3 is 2.59 bits per heavy atom. The predicted molar refractivity (Wildman–Crippen MR) is 132 cm³/mol. The molecule has 0 unspecified atom stereocenters. The van der Waals surface area contributed by atoms with Gasteiger partial charge in [0, 0.05) is 48.5 Å². The Bertz CT molecular complexity index is 1360. The van der Waals surface area contributed by atoms with E-state index in [-0.39, 0.29) is 12.3 Å². The molecular formula is C25H23ClN6O2. The number of hydrogen-bond donors (Lipinski definition) is 2. The number of rotatable bonds is 5. The number of carbonyl (C=O) groups excluding carboxylic acids is 2. The summed E-state index contributed by atoms with van der Waals surface area (Å²) < 4.78 is 0. The first kappa shape index (κ1) is 21.9. The number of amides is 2. The van der Waals surface area contributed by atoms with Gasteiger partial charge in [-0.25, -0.2) is 9.97 Å². The van der Waals surface area contributed by atoms with E-state index in [4.69, 9.17) is 17.3 Å². The summed E-state index contributed by atoms with van der Waals surface area (Å²) in [5.41, 5.74) is 9.16. The molecule has 0 aliphatic carbocycles. The summed E-state index contributed by atoms with van der Waals surface area (Å²) in [4.78, 5) is 40.6. The van der Waals surface area contributed by atoms with Crippen molar-refractivity contribution in [2.24, 2.45) is 5.73 Å². The molecule has 1 saturated heterocycles. The van der Waals surface area contributed by atoms with Crippen molar-refractivity contribution in [3.05, 3.63) is 76.9 Å². The highest BCUT2D eigenvalue weighted by atomic mass is 35.5. The third-order valence-electron chi connectivity index (χ3n) is 5.99. The molecule has 9 heteroatoms. The number of nitrogens with one attached hydrogen (secondary N) is 1. The van der Waals surface area contributed by atoms with Crippen LogP contribution in [-0.2, 0) is 11.2 Å². The molecule has 172 valence electrons. The maximum Gasteiger partial charge on any atom is 0.248 e. The van der Waals surface area contributed by atoms with Gasteiger partial charge in [-0.3, -0.25) is 9.59 Å². The van der Waals surface area contributed by atoms with E-state index in [1.54, 1.807) is 24.4 Å². The average molecular weight is 475 g/mol. The fraction of sp³-hybridized carbons (Fsp3) is 0.200. The van der Waals surface area contributed by atoms with Crippen molar-refractivity contribution < 1.29 is 9.59 Å². The van der Waals surface area contributed by atoms with E-state index in [1.807, 2.05) is 41.3 Å². The number of halogens is 1. The Morgan fingerprint density at radius 2 is 1.85 bits per heavy atom. The Labute approximate surface area is 201 Å². The summed E-state index contributed by atoms with van der Waals surface area (Å²) in [6.45, 7) is 2.62. The zero-order valence-corrected chi connectivity index (χ0v) is 19.1. The van der Waals surface area contributed by atoms with Gasteiger partial charge in [0.15, 0.2) is 0 Å². The van der Waals surface area contributed by atoms with Crippen LogP contribution in [0.4, 0.5) is 5.82 Å². The largest absolute Gasteiger partial charge is 0.366 e. The molecule has 0 spiro atoms. The average Bonchev–Trinajstić information content (AvgIpc) is 3.27. The van der Waals surface area contributed by atoms with Crippen LogP contribution >= 0.6 is 11.6 Å². The van der Waals surface area contributed by atoms with Crippen LogP contribution in [-0.4, -0.2) is 57.8 Å². The summed E-state index contributed by atoms with van der Waals surface area (Å²) in [5, 5.41) is 0.660. The number of pyridine rings is 1. The Hall–Kier alpha value is -3.91. The molecule has 1 aliphatic heterocycles. The van der Waals surface area contributed by atoms with E-state index in [1.165, 1.54) is 0 Å². The van der Waals surface area contributed by atoms with Crippen LogP contribution in [0.2, 0.25) is 5.02 Å². The minimum Gasteiger partial charge on any atom is -0.366 e. The number of benzene rings is 2. The Kier molecular flexibility index (Phi) is 5.90. The van der Waals surface area contributed by atoms with Crippen molar-refractivity contribution >= 4 is 40.3 Å². The van der Waals surface area contributed by atoms with E-state index in [2.05, 4.69) is 19.9 Å². The van der Waals surface area contributed by atoms with E-state index in [0.717, 1.165) is 33.8 Å². The number of hydrogen-bond acceptors (Lipinski definition) is 5. The van der Waals surface area contributed by atoms with Crippen LogP contribution in [0.1, 0.15) is 15.9 Å². The number of anilines is 1. The van der Waals surface area contributed by atoms with Gasteiger partial charge in [0.05, 0.1) is 17.5 Å². The van der Waals surface area contributed by atoms with Gasteiger partial charge < -0.3 is 20.5 Å². The molecule has 4 aromatic rings. The van der Waals surface area contributed by atoms with Crippen LogP contribution < -0.4 is 10.6 Å². The van der Waals surface area contributed by atoms with Crippen LogP contribution in [0.3, 0.4) is 0 Å². The standard InChI is InChI=1S/C25H23ClN6O2/c26-19-5-6-20-21(14-19)30-25(29-20)18-4-7-22(28-15-18)31-8-10-32(11-9-31)23(33)13-16-2-1-3-17(12-16)24(27)34/h1-7,12,14-15H,8-11,13H2,(H2,27,34)(H,29,30). The van der Waals surface area contributed by atoms with Gasteiger partial charge in [-0.1, -0.05) is 23.7 Å². The van der Waals surface area contributed by atoms with Crippen molar-refractivity contribution in [3.63, 3.8) is 0 Å². The van der Waals surface area contributed by atoms with Crippen molar-refractivity contribution in [1.29, 1.82) is 0 Å². The van der Waals surface area contributed by atoms with E-state index >= 15 is 0 Å². The molecule has 3 N–H and O–H groups in total. The number of carbonyl (C=O) groups is 2. The van der Waals surface area contributed by atoms with E-state index < -0.39 is 5.91 Å². The smallest absolute Gasteiger partial charge is 0.248 e. The quantitative estimate of drug-likeness (QED) is 0.461. The molecule has 34 heavy (non-hydrogen) atoms. The molecule has 5 rings (SSSR count). The number of piperazine rings is 1. The molecule has 2 amide bonds. The SMILES string of the molecule is NC(=O)c1cccc(CC(=O)N2CCN(c3ccc(-c4nc5ccc(Cl)cc5[nH]4)cn3)CC2)c1. The molecule has 0 bridgehead atoms. The van der Waals surface area contributed by atoms with E-state index in [0.29, 0.717) is 36.8 Å². The lowest BCUT2D eigenvalue weighted by molar-refractivity contribution is -0.130. The normalized spacial score (nSPS) is 13.9. The first-order valence-electron chi connectivity index (χ1n) is 11.0. The van der Waals surface area contributed by atoms with Crippen LogP contribution in [0.15, 0.2) is 60.8 Å². The first-order valence-corrected chi connectivity index (χ1v) is 11.4. The molecule has 1 fully saturated rings. The van der Waals surface area contributed by atoms with Gasteiger partial charge in [-0.05, 0) is 48.0 Å². The fourth-order valence-electron chi connectivity index (χ4n) is 4.14. The fourth-order valence-corrected chi connectivity index (χ4v) is 4.31. The van der Waals surface area contributed by atoms with E-state index in [9.17, 15) is 9.59 Å². The van der Waals surface area contributed by atoms with Crippen LogP contribution in [0.5, 0.6) is 0 Å². The maximum atomic E-state index is 12.7. The lowest BCUT2D eigenvalue weighted by Gasteiger charge is -2.35. The van der Waals surface area contributed by atoms with Crippen molar-refractivity contribution in [1.82, 2.24) is 19.9 Å². The summed E-state index contributed by atoms with van der Waals surface area (Å²) in [5.74, 6) is 1.15. The molecule has 0 saturated carbocycles. The monoisotopic (exact) mass is 474 g/mol. The zero-order valence-electron chi connectivity index (χ0n) is 18.4. The number of nitrogens with two attached hydrogens (primary N) is 1. The molecule has 3 heterocycles.